The molecule has 2 N–H and O–H groups in total. The third kappa shape index (κ3) is 6.10. The molecule has 0 bridgehead atoms. The number of hydrogen-bond acceptors (Lipinski definition) is 3. The number of benzene rings is 1. The fourth-order valence-electron chi connectivity index (χ4n) is 2.38. The first kappa shape index (κ1) is 21.0. The normalized spacial score (nSPS) is 12.1. The number of nitrogens with one attached hydrogen (secondary N) is 2. The van der Waals surface area contributed by atoms with Crippen molar-refractivity contribution in [2.24, 2.45) is 5.92 Å². The smallest absolute Gasteiger partial charge is 0.251 e. The SMILES string of the molecule is C#Cc1ccc(NC(=O)C(C)=C[C@H](C(C)C)N(C)C(=O)CNC=O)cc1. The Morgan fingerprint density at radius 1 is 1.27 bits per heavy atom. The summed E-state index contributed by atoms with van der Waals surface area (Å²) in [6.07, 6.45) is 7.55. The van der Waals surface area contributed by atoms with Crippen molar-refractivity contribution in [2.45, 2.75) is 26.8 Å². The van der Waals surface area contributed by atoms with Gasteiger partial charge in [0.1, 0.15) is 0 Å². The third-order valence-electron chi connectivity index (χ3n) is 3.95. The molecule has 0 saturated carbocycles. The van der Waals surface area contributed by atoms with Crippen molar-refractivity contribution in [1.29, 1.82) is 0 Å². The van der Waals surface area contributed by atoms with Gasteiger partial charge in [-0.1, -0.05) is 25.8 Å². The monoisotopic (exact) mass is 355 g/mol. The van der Waals surface area contributed by atoms with Crippen LogP contribution in [0.3, 0.4) is 0 Å². The zero-order valence-electron chi connectivity index (χ0n) is 15.6. The van der Waals surface area contributed by atoms with E-state index in [1.165, 1.54) is 4.90 Å². The molecule has 1 aromatic rings. The van der Waals surface area contributed by atoms with E-state index in [-0.39, 0.29) is 30.3 Å². The highest BCUT2D eigenvalue weighted by Crippen LogP contribution is 2.15. The van der Waals surface area contributed by atoms with Gasteiger partial charge in [0, 0.05) is 23.9 Å². The molecule has 0 aliphatic heterocycles. The maximum atomic E-state index is 12.4. The third-order valence-corrected chi connectivity index (χ3v) is 3.95. The molecule has 0 saturated heterocycles. The van der Waals surface area contributed by atoms with Gasteiger partial charge >= 0.3 is 0 Å². The van der Waals surface area contributed by atoms with Crippen molar-refractivity contribution in [3.05, 3.63) is 41.5 Å². The molecular weight excluding hydrogens is 330 g/mol. The summed E-state index contributed by atoms with van der Waals surface area (Å²) in [5.74, 6) is 2.13. The second kappa shape index (κ2) is 10.0. The number of carbonyl (C=O) groups is 3. The van der Waals surface area contributed by atoms with Crippen LogP contribution in [-0.2, 0) is 14.4 Å². The maximum absolute atomic E-state index is 12.4. The highest BCUT2D eigenvalue weighted by molar-refractivity contribution is 6.03. The number of terminal acetylenes is 1. The molecule has 0 radical (unpaired) electrons. The van der Waals surface area contributed by atoms with Gasteiger partial charge in [0.2, 0.25) is 12.3 Å². The lowest BCUT2D eigenvalue weighted by Gasteiger charge is -2.29. The average molecular weight is 355 g/mol. The van der Waals surface area contributed by atoms with Gasteiger partial charge in [0.25, 0.3) is 5.91 Å². The molecule has 0 aliphatic rings. The maximum Gasteiger partial charge on any atom is 0.251 e. The Kier molecular flexibility index (Phi) is 8.10. The minimum absolute atomic E-state index is 0.0795. The summed E-state index contributed by atoms with van der Waals surface area (Å²) in [5, 5.41) is 5.16. The lowest BCUT2D eigenvalue weighted by Crippen LogP contribution is -2.43. The van der Waals surface area contributed by atoms with Crippen LogP contribution in [-0.4, -0.2) is 42.8 Å². The number of carbonyl (C=O) groups excluding carboxylic acids is 3. The summed E-state index contributed by atoms with van der Waals surface area (Å²) in [4.78, 5) is 36.4. The second-order valence-corrected chi connectivity index (χ2v) is 6.26. The molecule has 1 aromatic carbocycles. The molecule has 26 heavy (non-hydrogen) atoms. The van der Waals surface area contributed by atoms with E-state index in [1.807, 2.05) is 13.8 Å². The first-order chi connectivity index (χ1) is 12.3. The minimum Gasteiger partial charge on any atom is -0.350 e. The van der Waals surface area contributed by atoms with Crippen LogP contribution in [0, 0.1) is 18.3 Å². The van der Waals surface area contributed by atoms with Crippen molar-refractivity contribution >= 4 is 23.9 Å². The number of hydrogen-bond donors (Lipinski definition) is 2. The fraction of sp³-hybridized carbons (Fsp3) is 0.350. The highest BCUT2D eigenvalue weighted by Gasteiger charge is 2.22. The van der Waals surface area contributed by atoms with Crippen LogP contribution in [0.2, 0.25) is 0 Å². The first-order valence-corrected chi connectivity index (χ1v) is 8.29. The molecule has 0 unspecified atom stereocenters. The van der Waals surface area contributed by atoms with E-state index in [0.29, 0.717) is 17.7 Å². The van der Waals surface area contributed by atoms with Gasteiger partial charge in [-0.25, -0.2) is 0 Å². The van der Waals surface area contributed by atoms with Crippen LogP contribution in [0.15, 0.2) is 35.9 Å². The zero-order chi connectivity index (χ0) is 19.7. The fourth-order valence-corrected chi connectivity index (χ4v) is 2.38. The molecule has 3 amide bonds. The van der Waals surface area contributed by atoms with E-state index in [1.54, 1.807) is 44.3 Å². The molecule has 0 heterocycles. The molecule has 0 aliphatic carbocycles. The molecule has 0 fully saturated rings. The Balaban J connectivity index is 2.87. The van der Waals surface area contributed by atoms with Crippen molar-refractivity contribution in [2.75, 3.05) is 18.9 Å². The van der Waals surface area contributed by atoms with Crippen LogP contribution in [0.1, 0.15) is 26.3 Å². The van der Waals surface area contributed by atoms with Crippen molar-refractivity contribution in [3.63, 3.8) is 0 Å². The molecule has 6 nitrogen and oxygen atoms in total. The molecular formula is C20H25N3O3. The Morgan fingerprint density at radius 2 is 1.88 bits per heavy atom. The van der Waals surface area contributed by atoms with E-state index in [0.717, 1.165) is 5.56 Å². The quantitative estimate of drug-likeness (QED) is 0.424. The molecule has 138 valence electrons. The molecule has 0 aromatic heterocycles. The van der Waals surface area contributed by atoms with Gasteiger partial charge < -0.3 is 15.5 Å². The predicted molar refractivity (Wildman–Crippen MR) is 102 cm³/mol. The largest absolute Gasteiger partial charge is 0.350 e. The Morgan fingerprint density at radius 3 is 2.38 bits per heavy atom. The van der Waals surface area contributed by atoms with Gasteiger partial charge in [0.05, 0.1) is 12.6 Å². The van der Waals surface area contributed by atoms with Crippen LogP contribution in [0.25, 0.3) is 0 Å². The van der Waals surface area contributed by atoms with Crippen molar-refractivity contribution < 1.29 is 14.4 Å². The zero-order valence-corrected chi connectivity index (χ0v) is 15.6. The number of anilines is 1. The van der Waals surface area contributed by atoms with Gasteiger partial charge in [-0.05, 0) is 37.1 Å². The highest BCUT2D eigenvalue weighted by atomic mass is 16.2. The van der Waals surface area contributed by atoms with E-state index < -0.39 is 0 Å². The van der Waals surface area contributed by atoms with Crippen LogP contribution in [0.4, 0.5) is 5.69 Å². The first-order valence-electron chi connectivity index (χ1n) is 8.29. The van der Waals surface area contributed by atoms with Crippen molar-refractivity contribution in [3.8, 4) is 12.3 Å². The van der Waals surface area contributed by atoms with Gasteiger partial charge in [-0.15, -0.1) is 6.42 Å². The van der Waals surface area contributed by atoms with Gasteiger partial charge in [-0.3, -0.25) is 14.4 Å². The number of amides is 3. The number of nitrogens with zero attached hydrogens (tertiary/aromatic N) is 1. The molecule has 1 atom stereocenters. The summed E-state index contributed by atoms with van der Waals surface area (Å²) >= 11 is 0. The van der Waals surface area contributed by atoms with Crippen molar-refractivity contribution in [1.82, 2.24) is 10.2 Å². The standard InChI is InChI=1S/C20H25N3O3/c1-6-16-7-9-17(10-8-16)22-20(26)15(4)11-18(14(2)3)23(5)19(25)12-21-13-24/h1,7-11,13-14,18H,12H2,2-5H3,(H,21,24)(H,22,26)/t18-/m1/s1. The molecule has 6 heteroatoms. The minimum atomic E-state index is -0.273. The van der Waals surface area contributed by atoms with E-state index in [2.05, 4.69) is 16.6 Å². The lowest BCUT2D eigenvalue weighted by atomic mass is 9.99. The van der Waals surface area contributed by atoms with E-state index >= 15 is 0 Å². The summed E-state index contributed by atoms with van der Waals surface area (Å²) in [5.41, 5.74) is 1.87. The Labute approximate surface area is 154 Å². The predicted octanol–water partition coefficient (Wildman–Crippen LogP) is 1.78. The summed E-state index contributed by atoms with van der Waals surface area (Å²) in [6.45, 7) is 5.54. The molecule has 0 spiro atoms. The topological polar surface area (TPSA) is 78.5 Å². The van der Waals surface area contributed by atoms with Gasteiger partial charge in [0.15, 0.2) is 0 Å². The Hall–Kier alpha value is -3.07. The van der Waals surface area contributed by atoms with E-state index in [9.17, 15) is 14.4 Å². The lowest BCUT2D eigenvalue weighted by molar-refractivity contribution is -0.132. The van der Waals surface area contributed by atoms with Crippen LogP contribution < -0.4 is 10.6 Å². The number of rotatable bonds is 8. The average Bonchev–Trinajstić information content (AvgIpc) is 2.63. The summed E-state index contributed by atoms with van der Waals surface area (Å²) < 4.78 is 0. The summed E-state index contributed by atoms with van der Waals surface area (Å²) in [6, 6.07) is 6.70. The van der Waals surface area contributed by atoms with Crippen LogP contribution >= 0.6 is 0 Å². The van der Waals surface area contributed by atoms with E-state index in [4.69, 9.17) is 6.42 Å². The summed E-state index contributed by atoms with van der Waals surface area (Å²) in [7, 11) is 1.65. The molecule has 1 rings (SSSR count). The number of likely N-dealkylation sites (N-methyl/N-ethyl adjacent to an activating group) is 1. The second-order valence-electron chi connectivity index (χ2n) is 6.26. The Bertz CT molecular complexity index is 715. The van der Waals surface area contributed by atoms with Gasteiger partial charge in [-0.2, -0.15) is 0 Å². The van der Waals surface area contributed by atoms with Crippen LogP contribution in [0.5, 0.6) is 0 Å².